The van der Waals surface area contributed by atoms with E-state index in [0.29, 0.717) is 6.42 Å². The van der Waals surface area contributed by atoms with Gasteiger partial charge < -0.3 is 4.74 Å². The number of ether oxygens (including phenoxy) is 1. The number of carbonyl (C=O) groups is 1. The number of hydrogen-bond donors (Lipinski definition) is 0. The molecule has 0 saturated carbocycles. The third-order valence-corrected chi connectivity index (χ3v) is 2.93. The molecule has 0 aromatic heterocycles. The number of esters is 1. The van der Waals surface area contributed by atoms with E-state index in [-0.39, 0.29) is 5.97 Å². The molecule has 2 aromatic rings. The molecule has 0 atom stereocenters. The first kappa shape index (κ1) is 11.1. The fourth-order valence-electron chi connectivity index (χ4n) is 1.72. The number of hydrogen-bond acceptors (Lipinski definition) is 2. The predicted octanol–water partition coefficient (Wildman–Crippen LogP) is 3.32. The minimum absolute atomic E-state index is 0.219. The highest BCUT2D eigenvalue weighted by Crippen LogP contribution is 2.24. The Kier molecular flexibility index (Phi) is 3.25. The van der Waals surface area contributed by atoms with Gasteiger partial charge in [-0.25, -0.2) is 0 Å². The molecule has 0 bridgehead atoms. The summed E-state index contributed by atoms with van der Waals surface area (Å²) in [5.41, 5.74) is 0.983. The molecule has 16 heavy (non-hydrogen) atoms. The first-order valence-electron chi connectivity index (χ1n) is 4.94. The van der Waals surface area contributed by atoms with Crippen molar-refractivity contribution < 1.29 is 9.53 Å². The van der Waals surface area contributed by atoms with Crippen molar-refractivity contribution in [1.29, 1.82) is 0 Å². The topological polar surface area (TPSA) is 26.3 Å². The van der Waals surface area contributed by atoms with Gasteiger partial charge in [0.1, 0.15) is 0 Å². The smallest absolute Gasteiger partial charge is 0.310 e. The van der Waals surface area contributed by atoms with Gasteiger partial charge in [0.05, 0.1) is 13.5 Å². The number of benzene rings is 2. The summed E-state index contributed by atoms with van der Waals surface area (Å²) in [7, 11) is 1.41. The van der Waals surface area contributed by atoms with Crippen LogP contribution in [0.5, 0.6) is 0 Å². The van der Waals surface area contributed by atoms with Crippen LogP contribution < -0.4 is 0 Å². The van der Waals surface area contributed by atoms with Crippen molar-refractivity contribution in [3.05, 3.63) is 46.4 Å². The Morgan fingerprint density at radius 2 is 2.06 bits per heavy atom. The molecule has 0 radical (unpaired) electrons. The first-order valence-corrected chi connectivity index (χ1v) is 5.74. The van der Waals surface area contributed by atoms with E-state index in [1.807, 2.05) is 36.4 Å². The molecule has 0 heterocycles. The van der Waals surface area contributed by atoms with Gasteiger partial charge in [-0.15, -0.1) is 0 Å². The van der Waals surface area contributed by atoms with Gasteiger partial charge in [-0.2, -0.15) is 0 Å². The van der Waals surface area contributed by atoms with Crippen molar-refractivity contribution >= 4 is 32.7 Å². The van der Waals surface area contributed by atoms with E-state index in [1.54, 1.807) is 0 Å². The molecule has 2 nitrogen and oxygen atoms in total. The monoisotopic (exact) mass is 278 g/mol. The van der Waals surface area contributed by atoms with E-state index >= 15 is 0 Å². The second-order valence-corrected chi connectivity index (χ2v) is 4.45. The number of halogens is 1. The summed E-state index contributed by atoms with van der Waals surface area (Å²) in [6.07, 6.45) is 0.302. The van der Waals surface area contributed by atoms with Gasteiger partial charge in [0.25, 0.3) is 0 Å². The largest absolute Gasteiger partial charge is 0.469 e. The molecule has 82 valence electrons. The van der Waals surface area contributed by atoms with E-state index in [9.17, 15) is 4.79 Å². The van der Waals surface area contributed by atoms with Crippen LogP contribution >= 0.6 is 15.9 Å². The van der Waals surface area contributed by atoms with Crippen LogP contribution in [0, 0.1) is 0 Å². The van der Waals surface area contributed by atoms with Crippen LogP contribution in [0.1, 0.15) is 5.56 Å². The minimum Gasteiger partial charge on any atom is -0.469 e. The molecule has 0 aliphatic heterocycles. The Labute approximate surface area is 102 Å². The lowest BCUT2D eigenvalue weighted by Gasteiger charge is -2.06. The van der Waals surface area contributed by atoms with Crippen molar-refractivity contribution in [2.24, 2.45) is 0 Å². The van der Waals surface area contributed by atoms with Crippen LogP contribution in [-0.2, 0) is 16.0 Å². The molecule has 0 aliphatic rings. The second-order valence-electron chi connectivity index (χ2n) is 3.54. The van der Waals surface area contributed by atoms with Gasteiger partial charge in [-0.1, -0.05) is 40.2 Å². The van der Waals surface area contributed by atoms with Gasteiger partial charge >= 0.3 is 5.97 Å². The van der Waals surface area contributed by atoms with Gasteiger partial charge in [0, 0.05) is 4.47 Å². The Balaban J connectivity index is 2.54. The second kappa shape index (κ2) is 4.66. The third-order valence-electron chi connectivity index (χ3n) is 2.47. The van der Waals surface area contributed by atoms with Crippen molar-refractivity contribution in [3.63, 3.8) is 0 Å². The maximum Gasteiger partial charge on any atom is 0.310 e. The molecular formula is C13H11BrO2. The lowest BCUT2D eigenvalue weighted by molar-refractivity contribution is -0.139. The Hall–Kier alpha value is -1.35. The van der Waals surface area contributed by atoms with E-state index < -0.39 is 0 Å². The average Bonchev–Trinajstić information content (AvgIpc) is 2.28. The molecule has 0 N–H and O–H groups in total. The number of rotatable bonds is 2. The highest BCUT2D eigenvalue weighted by atomic mass is 79.9. The first-order chi connectivity index (χ1) is 7.70. The van der Waals surface area contributed by atoms with Gasteiger partial charge in [-0.05, 0) is 28.5 Å². The highest BCUT2D eigenvalue weighted by molar-refractivity contribution is 9.10. The van der Waals surface area contributed by atoms with E-state index in [2.05, 4.69) is 20.7 Å². The summed E-state index contributed by atoms with van der Waals surface area (Å²) in [5.74, 6) is -0.219. The molecule has 2 rings (SSSR count). The lowest BCUT2D eigenvalue weighted by atomic mass is 10.0. The molecule has 2 aromatic carbocycles. The summed E-state index contributed by atoms with van der Waals surface area (Å²) >= 11 is 3.44. The molecule has 0 saturated heterocycles. The molecule has 3 heteroatoms. The van der Waals surface area contributed by atoms with Crippen LogP contribution in [-0.4, -0.2) is 13.1 Å². The maximum absolute atomic E-state index is 11.3. The fraction of sp³-hybridized carbons (Fsp3) is 0.154. The number of fused-ring (bicyclic) bond motifs is 1. The maximum atomic E-state index is 11.3. The Morgan fingerprint density at radius 3 is 2.81 bits per heavy atom. The van der Waals surface area contributed by atoms with E-state index in [0.717, 1.165) is 20.8 Å². The summed E-state index contributed by atoms with van der Waals surface area (Å²) in [4.78, 5) is 11.3. The van der Waals surface area contributed by atoms with Crippen molar-refractivity contribution in [2.45, 2.75) is 6.42 Å². The molecule has 0 unspecified atom stereocenters. The zero-order valence-corrected chi connectivity index (χ0v) is 10.5. The minimum atomic E-state index is -0.219. The summed E-state index contributed by atoms with van der Waals surface area (Å²) < 4.78 is 5.67. The summed E-state index contributed by atoms with van der Waals surface area (Å²) in [6, 6.07) is 12.0. The molecule has 0 amide bonds. The lowest BCUT2D eigenvalue weighted by Crippen LogP contribution is -2.04. The number of carbonyl (C=O) groups excluding carboxylic acids is 1. The zero-order valence-electron chi connectivity index (χ0n) is 8.87. The molecule has 0 fully saturated rings. The standard InChI is InChI=1S/C13H11BrO2/c1-16-13(15)8-10-7-11(14)6-9-4-2-3-5-12(9)10/h2-7H,8H2,1H3. The molecule has 0 aliphatic carbocycles. The van der Waals surface area contributed by atoms with Crippen LogP contribution in [0.3, 0.4) is 0 Å². The number of methoxy groups -OCH3 is 1. The van der Waals surface area contributed by atoms with E-state index in [4.69, 9.17) is 0 Å². The summed E-state index contributed by atoms with van der Waals surface area (Å²) in [5, 5.41) is 2.21. The van der Waals surface area contributed by atoms with Crippen LogP contribution in [0.2, 0.25) is 0 Å². The Bertz CT molecular complexity index is 534. The average molecular weight is 279 g/mol. The SMILES string of the molecule is COC(=O)Cc1cc(Br)cc2ccccc12. The third kappa shape index (κ3) is 2.25. The Morgan fingerprint density at radius 1 is 1.31 bits per heavy atom. The van der Waals surface area contributed by atoms with Gasteiger partial charge in [0.15, 0.2) is 0 Å². The fourth-order valence-corrected chi connectivity index (χ4v) is 2.25. The van der Waals surface area contributed by atoms with Crippen LogP contribution in [0.4, 0.5) is 0 Å². The van der Waals surface area contributed by atoms with Crippen LogP contribution in [0.15, 0.2) is 40.9 Å². The van der Waals surface area contributed by atoms with Crippen LogP contribution in [0.25, 0.3) is 10.8 Å². The van der Waals surface area contributed by atoms with Crippen molar-refractivity contribution in [1.82, 2.24) is 0 Å². The molecular weight excluding hydrogens is 268 g/mol. The molecule has 0 spiro atoms. The predicted molar refractivity (Wildman–Crippen MR) is 67.4 cm³/mol. The zero-order chi connectivity index (χ0) is 11.5. The summed E-state index contributed by atoms with van der Waals surface area (Å²) in [6.45, 7) is 0. The van der Waals surface area contributed by atoms with Crippen molar-refractivity contribution in [3.8, 4) is 0 Å². The van der Waals surface area contributed by atoms with E-state index in [1.165, 1.54) is 7.11 Å². The van der Waals surface area contributed by atoms with Crippen molar-refractivity contribution in [2.75, 3.05) is 7.11 Å². The van der Waals surface area contributed by atoms with Gasteiger partial charge in [-0.3, -0.25) is 4.79 Å². The van der Waals surface area contributed by atoms with Gasteiger partial charge in [0.2, 0.25) is 0 Å². The highest BCUT2D eigenvalue weighted by Gasteiger charge is 2.07. The normalized spacial score (nSPS) is 10.4. The quantitative estimate of drug-likeness (QED) is 0.788.